The SMILES string of the molecule is CN(Cc1cccc(F)c1)CN1C(=O)N[C@](C)(c2cccc3ccccc23)C1=O. The van der Waals surface area contributed by atoms with Gasteiger partial charge in [0.2, 0.25) is 0 Å². The van der Waals surface area contributed by atoms with Crippen molar-refractivity contribution in [3.63, 3.8) is 0 Å². The van der Waals surface area contributed by atoms with Gasteiger partial charge in [0.05, 0.1) is 6.67 Å². The lowest BCUT2D eigenvalue weighted by Crippen LogP contribution is -2.43. The van der Waals surface area contributed by atoms with Crippen molar-refractivity contribution >= 4 is 22.7 Å². The molecule has 1 fully saturated rings. The van der Waals surface area contributed by atoms with Gasteiger partial charge in [-0.2, -0.15) is 0 Å². The molecule has 1 saturated heterocycles. The molecule has 3 amide bonds. The van der Waals surface area contributed by atoms with Gasteiger partial charge in [0.15, 0.2) is 0 Å². The quantitative estimate of drug-likeness (QED) is 0.673. The highest BCUT2D eigenvalue weighted by Gasteiger charge is 2.49. The highest BCUT2D eigenvalue weighted by molar-refractivity contribution is 6.09. The van der Waals surface area contributed by atoms with Crippen molar-refractivity contribution in [3.8, 4) is 0 Å². The van der Waals surface area contributed by atoms with Crippen molar-refractivity contribution < 1.29 is 14.0 Å². The summed E-state index contributed by atoms with van der Waals surface area (Å²) in [6.45, 7) is 2.27. The number of fused-ring (bicyclic) bond motifs is 1. The van der Waals surface area contributed by atoms with Crippen molar-refractivity contribution in [3.05, 3.63) is 83.7 Å². The lowest BCUT2D eigenvalue weighted by molar-refractivity contribution is -0.132. The number of benzene rings is 3. The van der Waals surface area contributed by atoms with E-state index in [1.54, 1.807) is 24.9 Å². The fraction of sp³-hybridized carbons (Fsp3) is 0.217. The average Bonchev–Trinajstić information content (AvgIpc) is 2.91. The number of halogens is 1. The standard InChI is InChI=1S/C23H22FN3O2/c1-23(20-12-6-9-17-8-3-4-11-19(17)20)21(28)27(22(29)25-23)15-26(2)14-16-7-5-10-18(24)13-16/h3-13H,14-15H2,1-2H3,(H,25,29)/t23-/m1/s1. The predicted molar refractivity (Wildman–Crippen MR) is 109 cm³/mol. The maximum absolute atomic E-state index is 13.4. The van der Waals surface area contributed by atoms with E-state index in [4.69, 9.17) is 0 Å². The largest absolute Gasteiger partial charge is 0.326 e. The molecule has 6 heteroatoms. The lowest BCUT2D eigenvalue weighted by atomic mass is 9.88. The summed E-state index contributed by atoms with van der Waals surface area (Å²) in [4.78, 5) is 29.0. The molecule has 29 heavy (non-hydrogen) atoms. The molecular formula is C23H22FN3O2. The number of carbonyl (C=O) groups excluding carboxylic acids is 2. The molecular weight excluding hydrogens is 369 g/mol. The van der Waals surface area contributed by atoms with E-state index in [0.29, 0.717) is 6.54 Å². The molecule has 1 N–H and O–H groups in total. The van der Waals surface area contributed by atoms with E-state index in [1.165, 1.54) is 17.0 Å². The Labute approximate surface area is 168 Å². The van der Waals surface area contributed by atoms with Gasteiger partial charge in [-0.1, -0.05) is 54.6 Å². The molecule has 1 heterocycles. The maximum atomic E-state index is 13.4. The van der Waals surface area contributed by atoms with E-state index in [1.807, 2.05) is 48.5 Å². The van der Waals surface area contributed by atoms with Crippen LogP contribution in [0.3, 0.4) is 0 Å². The molecule has 0 radical (unpaired) electrons. The maximum Gasteiger partial charge on any atom is 0.326 e. The van der Waals surface area contributed by atoms with Gasteiger partial charge in [0, 0.05) is 6.54 Å². The van der Waals surface area contributed by atoms with Crippen LogP contribution in [-0.4, -0.2) is 35.5 Å². The first-order valence-electron chi connectivity index (χ1n) is 9.44. The van der Waals surface area contributed by atoms with Gasteiger partial charge in [0.1, 0.15) is 11.4 Å². The van der Waals surface area contributed by atoms with Gasteiger partial charge in [0.25, 0.3) is 5.91 Å². The minimum absolute atomic E-state index is 0.113. The zero-order valence-corrected chi connectivity index (χ0v) is 16.4. The number of urea groups is 1. The molecule has 3 aromatic carbocycles. The Morgan fingerprint density at radius 2 is 1.76 bits per heavy atom. The minimum atomic E-state index is -1.14. The molecule has 0 spiro atoms. The second-order valence-electron chi connectivity index (χ2n) is 7.60. The number of rotatable bonds is 5. The molecule has 1 atom stereocenters. The Bertz CT molecular complexity index is 1090. The number of hydrogen-bond donors (Lipinski definition) is 1. The van der Waals surface area contributed by atoms with E-state index in [9.17, 15) is 14.0 Å². The summed E-state index contributed by atoms with van der Waals surface area (Å²) >= 11 is 0. The Balaban J connectivity index is 1.58. The fourth-order valence-corrected chi connectivity index (χ4v) is 3.91. The molecule has 4 rings (SSSR count). The van der Waals surface area contributed by atoms with Crippen molar-refractivity contribution in [1.29, 1.82) is 0 Å². The summed E-state index contributed by atoms with van der Waals surface area (Å²) in [5.74, 6) is -0.612. The zero-order chi connectivity index (χ0) is 20.6. The van der Waals surface area contributed by atoms with Gasteiger partial charge in [-0.15, -0.1) is 0 Å². The van der Waals surface area contributed by atoms with Gasteiger partial charge in [-0.3, -0.25) is 9.69 Å². The van der Waals surface area contributed by atoms with Crippen LogP contribution in [0.1, 0.15) is 18.1 Å². The molecule has 148 valence electrons. The normalized spacial score (nSPS) is 19.2. The second-order valence-corrected chi connectivity index (χ2v) is 7.60. The Hall–Kier alpha value is -3.25. The number of nitrogens with zero attached hydrogens (tertiary/aromatic N) is 2. The lowest BCUT2D eigenvalue weighted by Gasteiger charge is -2.25. The predicted octanol–water partition coefficient (Wildman–Crippen LogP) is 3.84. The van der Waals surface area contributed by atoms with E-state index < -0.39 is 11.6 Å². The van der Waals surface area contributed by atoms with Crippen molar-refractivity contribution in [1.82, 2.24) is 15.1 Å². The summed E-state index contributed by atoms with van der Waals surface area (Å²) in [6, 6.07) is 19.4. The van der Waals surface area contributed by atoms with Crippen LogP contribution in [0.4, 0.5) is 9.18 Å². The smallest absolute Gasteiger partial charge is 0.319 e. The summed E-state index contributed by atoms with van der Waals surface area (Å²) in [6.07, 6.45) is 0. The first-order valence-corrected chi connectivity index (χ1v) is 9.44. The first-order chi connectivity index (χ1) is 13.9. The van der Waals surface area contributed by atoms with E-state index in [-0.39, 0.29) is 18.4 Å². The van der Waals surface area contributed by atoms with Crippen molar-refractivity contribution in [2.75, 3.05) is 13.7 Å². The van der Waals surface area contributed by atoms with E-state index in [0.717, 1.165) is 21.9 Å². The molecule has 1 aliphatic rings. The van der Waals surface area contributed by atoms with Crippen molar-refractivity contribution in [2.24, 2.45) is 0 Å². The summed E-state index contributed by atoms with van der Waals surface area (Å²) in [5.41, 5.74) is 0.401. The minimum Gasteiger partial charge on any atom is -0.319 e. The van der Waals surface area contributed by atoms with Gasteiger partial charge < -0.3 is 5.32 Å². The molecule has 0 aliphatic carbocycles. The Morgan fingerprint density at radius 3 is 2.55 bits per heavy atom. The monoisotopic (exact) mass is 391 g/mol. The highest BCUT2D eigenvalue weighted by Crippen LogP contribution is 2.33. The number of nitrogens with one attached hydrogen (secondary N) is 1. The average molecular weight is 391 g/mol. The fourth-order valence-electron chi connectivity index (χ4n) is 3.91. The van der Waals surface area contributed by atoms with Gasteiger partial charge in [-0.05, 0) is 48.0 Å². The third-order valence-electron chi connectivity index (χ3n) is 5.33. The molecule has 1 aliphatic heterocycles. The van der Waals surface area contributed by atoms with E-state index in [2.05, 4.69) is 5.32 Å². The first kappa shape index (κ1) is 19.1. The summed E-state index contributed by atoms with van der Waals surface area (Å²) in [7, 11) is 1.79. The van der Waals surface area contributed by atoms with Crippen LogP contribution in [0.25, 0.3) is 10.8 Å². The third kappa shape index (κ3) is 3.47. The highest BCUT2D eigenvalue weighted by atomic mass is 19.1. The number of carbonyl (C=O) groups is 2. The van der Waals surface area contributed by atoms with Crippen LogP contribution in [0.15, 0.2) is 66.7 Å². The van der Waals surface area contributed by atoms with Crippen LogP contribution in [0, 0.1) is 5.82 Å². The van der Waals surface area contributed by atoms with E-state index >= 15 is 0 Å². The second kappa shape index (κ2) is 7.29. The Kier molecular flexibility index (Phi) is 4.80. The van der Waals surface area contributed by atoms with Gasteiger partial charge >= 0.3 is 6.03 Å². The van der Waals surface area contributed by atoms with Crippen LogP contribution in [0.2, 0.25) is 0 Å². The summed E-state index contributed by atoms with van der Waals surface area (Å²) < 4.78 is 13.4. The zero-order valence-electron chi connectivity index (χ0n) is 16.4. The van der Waals surface area contributed by atoms with Crippen LogP contribution >= 0.6 is 0 Å². The number of hydrogen-bond acceptors (Lipinski definition) is 3. The third-order valence-corrected chi connectivity index (χ3v) is 5.33. The molecule has 0 saturated carbocycles. The molecule has 0 aromatic heterocycles. The van der Waals surface area contributed by atoms with Crippen LogP contribution in [-0.2, 0) is 16.9 Å². The van der Waals surface area contributed by atoms with Gasteiger partial charge in [-0.25, -0.2) is 14.1 Å². The summed E-state index contributed by atoms with van der Waals surface area (Å²) in [5, 5.41) is 4.81. The van der Waals surface area contributed by atoms with Crippen molar-refractivity contribution in [2.45, 2.75) is 19.0 Å². The number of imide groups is 1. The Morgan fingerprint density at radius 1 is 1.03 bits per heavy atom. The molecule has 5 nitrogen and oxygen atoms in total. The number of amides is 3. The molecule has 3 aromatic rings. The van der Waals surface area contributed by atoms with Crippen LogP contribution < -0.4 is 5.32 Å². The topological polar surface area (TPSA) is 52.6 Å². The molecule has 0 unspecified atom stereocenters. The molecule has 0 bridgehead atoms. The van der Waals surface area contributed by atoms with Crippen LogP contribution in [0.5, 0.6) is 0 Å².